The first kappa shape index (κ1) is 6.53. The van der Waals surface area contributed by atoms with Crippen molar-refractivity contribution in [1.29, 1.82) is 0 Å². The zero-order chi connectivity index (χ0) is 7.42. The van der Waals surface area contributed by atoms with E-state index in [0.29, 0.717) is 6.10 Å². The van der Waals surface area contributed by atoms with Gasteiger partial charge < -0.3 is 4.65 Å². The van der Waals surface area contributed by atoms with Crippen LogP contribution in [0.2, 0.25) is 0 Å². The summed E-state index contributed by atoms with van der Waals surface area (Å²) in [4.78, 5) is 0. The van der Waals surface area contributed by atoms with Gasteiger partial charge in [0.15, 0.2) is 0 Å². The summed E-state index contributed by atoms with van der Waals surface area (Å²) >= 11 is 0. The first-order valence-electron chi connectivity index (χ1n) is 4.93. The molecule has 0 heterocycles. The van der Waals surface area contributed by atoms with Gasteiger partial charge in [-0.15, -0.1) is 0 Å². The van der Waals surface area contributed by atoms with Crippen molar-refractivity contribution in [1.82, 2.24) is 0 Å². The third-order valence-corrected chi connectivity index (χ3v) is 3.75. The Hall–Kier alpha value is 0.0249. The molecule has 0 aromatic carbocycles. The molecule has 0 aromatic rings. The van der Waals surface area contributed by atoms with Gasteiger partial charge >= 0.3 is 0 Å². The van der Waals surface area contributed by atoms with Crippen LogP contribution in [0.4, 0.5) is 0 Å². The van der Waals surface area contributed by atoms with E-state index in [2.05, 4.69) is 0 Å². The van der Waals surface area contributed by atoms with Crippen molar-refractivity contribution >= 4 is 8.05 Å². The number of hydrogen-bond donors (Lipinski definition) is 0. The quantitative estimate of drug-likeness (QED) is 0.545. The molecule has 2 heteroatoms. The third-order valence-electron chi connectivity index (χ3n) is 3.75. The molecule has 0 spiro atoms. The summed E-state index contributed by atoms with van der Waals surface area (Å²) in [6.45, 7) is 0. The third kappa shape index (κ3) is 1.03. The van der Waals surface area contributed by atoms with Crippen molar-refractivity contribution in [3.63, 3.8) is 0 Å². The molecule has 0 radical (unpaired) electrons. The summed E-state index contributed by atoms with van der Waals surface area (Å²) in [6.07, 6.45) is 6.63. The standard InChI is InChI=1S/C9H15BO/c10-11-9-4-8(9)7-3-6(7)5-1-2-5/h5-9H,1-4,10H2. The molecule has 0 amide bonds. The van der Waals surface area contributed by atoms with Crippen LogP contribution in [0, 0.1) is 23.7 Å². The molecule has 1 nitrogen and oxygen atoms in total. The van der Waals surface area contributed by atoms with Crippen LogP contribution >= 0.6 is 0 Å². The molecule has 0 saturated heterocycles. The van der Waals surface area contributed by atoms with Gasteiger partial charge in [0.05, 0.1) is 0 Å². The van der Waals surface area contributed by atoms with Crippen LogP contribution < -0.4 is 0 Å². The predicted octanol–water partition coefficient (Wildman–Crippen LogP) is 0.986. The molecule has 3 rings (SSSR count). The van der Waals surface area contributed by atoms with E-state index in [1.807, 2.05) is 8.05 Å². The van der Waals surface area contributed by atoms with E-state index in [1.54, 1.807) is 0 Å². The minimum absolute atomic E-state index is 0.656. The normalized spacial score (nSPS) is 54.2. The Morgan fingerprint density at radius 2 is 1.82 bits per heavy atom. The molecule has 0 aromatic heterocycles. The van der Waals surface area contributed by atoms with Gasteiger partial charge in [0.2, 0.25) is 0 Å². The Bertz CT molecular complexity index is 178. The minimum Gasteiger partial charge on any atom is -0.441 e. The maximum atomic E-state index is 5.32. The second-order valence-electron chi connectivity index (χ2n) is 4.57. The highest BCUT2D eigenvalue weighted by Crippen LogP contribution is 2.62. The van der Waals surface area contributed by atoms with E-state index in [9.17, 15) is 0 Å². The molecule has 0 N–H and O–H groups in total. The maximum Gasteiger partial charge on any atom is 0.257 e. The molecule has 3 fully saturated rings. The van der Waals surface area contributed by atoms with Crippen molar-refractivity contribution in [2.75, 3.05) is 0 Å². The van der Waals surface area contributed by atoms with Gasteiger partial charge in [-0.2, -0.15) is 0 Å². The molecular weight excluding hydrogens is 135 g/mol. The average Bonchev–Trinajstić information content (AvgIpc) is 2.83. The molecular formula is C9H15BO. The van der Waals surface area contributed by atoms with E-state index in [-0.39, 0.29) is 0 Å². The lowest BCUT2D eigenvalue weighted by molar-refractivity contribution is 0.301. The zero-order valence-electron chi connectivity index (χ0n) is 7.12. The van der Waals surface area contributed by atoms with Crippen molar-refractivity contribution < 1.29 is 4.65 Å². The summed E-state index contributed by atoms with van der Waals surface area (Å²) in [6, 6.07) is 0. The first-order chi connectivity index (χ1) is 5.40. The van der Waals surface area contributed by atoms with Crippen LogP contribution in [-0.2, 0) is 4.65 Å². The van der Waals surface area contributed by atoms with E-state index < -0.39 is 0 Å². The summed E-state index contributed by atoms with van der Waals surface area (Å²) in [7, 11) is 1.86. The van der Waals surface area contributed by atoms with Crippen LogP contribution in [-0.4, -0.2) is 14.2 Å². The Labute approximate surface area is 68.9 Å². The van der Waals surface area contributed by atoms with Gasteiger partial charge in [-0.1, -0.05) is 0 Å². The smallest absolute Gasteiger partial charge is 0.257 e. The van der Waals surface area contributed by atoms with Gasteiger partial charge in [-0.05, 0) is 49.4 Å². The Balaban J connectivity index is 1.52. The lowest BCUT2D eigenvalue weighted by atomic mass is 10.1. The predicted molar refractivity (Wildman–Crippen MR) is 45.8 cm³/mol. The summed E-state index contributed by atoms with van der Waals surface area (Å²) in [5.74, 6) is 4.36. The molecule has 3 aliphatic rings. The van der Waals surface area contributed by atoms with Crippen LogP contribution in [0.1, 0.15) is 25.7 Å². The van der Waals surface area contributed by atoms with Gasteiger partial charge in [-0.25, -0.2) is 0 Å². The first-order valence-corrected chi connectivity index (χ1v) is 4.93. The SMILES string of the molecule is BOC1CC1C1CC1C1CC1. The number of rotatable bonds is 3. The van der Waals surface area contributed by atoms with Crippen molar-refractivity contribution in [2.24, 2.45) is 23.7 Å². The molecule has 3 aliphatic carbocycles. The van der Waals surface area contributed by atoms with E-state index in [0.717, 1.165) is 23.7 Å². The highest BCUT2D eigenvalue weighted by atomic mass is 16.4. The fraction of sp³-hybridized carbons (Fsp3) is 1.00. The van der Waals surface area contributed by atoms with Gasteiger partial charge in [0.1, 0.15) is 0 Å². The van der Waals surface area contributed by atoms with Crippen LogP contribution in [0.5, 0.6) is 0 Å². The molecule has 0 aliphatic heterocycles. The molecule has 3 saturated carbocycles. The maximum absolute atomic E-state index is 5.32. The van der Waals surface area contributed by atoms with Crippen molar-refractivity contribution in [3.05, 3.63) is 0 Å². The Kier molecular flexibility index (Phi) is 1.21. The van der Waals surface area contributed by atoms with Gasteiger partial charge in [-0.3, -0.25) is 0 Å². The van der Waals surface area contributed by atoms with E-state index >= 15 is 0 Å². The molecule has 4 unspecified atom stereocenters. The van der Waals surface area contributed by atoms with Gasteiger partial charge in [0.25, 0.3) is 8.05 Å². The lowest BCUT2D eigenvalue weighted by Crippen LogP contribution is -1.96. The molecule has 11 heavy (non-hydrogen) atoms. The average molecular weight is 150 g/mol. The van der Waals surface area contributed by atoms with Gasteiger partial charge in [0, 0.05) is 6.10 Å². The van der Waals surface area contributed by atoms with Crippen LogP contribution in [0.15, 0.2) is 0 Å². The summed E-state index contributed by atoms with van der Waals surface area (Å²) < 4.78 is 5.32. The fourth-order valence-electron chi connectivity index (χ4n) is 2.71. The monoisotopic (exact) mass is 150 g/mol. The molecule has 0 bridgehead atoms. The lowest BCUT2D eigenvalue weighted by Gasteiger charge is -1.95. The van der Waals surface area contributed by atoms with E-state index in [1.165, 1.54) is 25.7 Å². The van der Waals surface area contributed by atoms with Crippen molar-refractivity contribution in [3.8, 4) is 0 Å². The number of hydrogen-bond acceptors (Lipinski definition) is 1. The van der Waals surface area contributed by atoms with E-state index in [4.69, 9.17) is 4.65 Å². The Morgan fingerprint density at radius 1 is 1.00 bits per heavy atom. The van der Waals surface area contributed by atoms with Crippen LogP contribution in [0.3, 0.4) is 0 Å². The largest absolute Gasteiger partial charge is 0.441 e. The summed E-state index contributed by atoms with van der Waals surface area (Å²) in [5, 5.41) is 0. The highest BCUT2D eigenvalue weighted by Gasteiger charge is 2.57. The Morgan fingerprint density at radius 3 is 2.36 bits per heavy atom. The zero-order valence-corrected chi connectivity index (χ0v) is 7.12. The fourth-order valence-corrected chi connectivity index (χ4v) is 2.71. The molecule has 4 atom stereocenters. The van der Waals surface area contributed by atoms with Crippen LogP contribution in [0.25, 0.3) is 0 Å². The second kappa shape index (κ2) is 2.04. The molecule has 60 valence electrons. The summed E-state index contributed by atoms with van der Waals surface area (Å²) in [5.41, 5.74) is 0. The second-order valence-corrected chi connectivity index (χ2v) is 4.57. The highest BCUT2D eigenvalue weighted by molar-refractivity contribution is 5.98. The topological polar surface area (TPSA) is 9.23 Å². The van der Waals surface area contributed by atoms with Crippen molar-refractivity contribution in [2.45, 2.75) is 31.8 Å². The minimum atomic E-state index is 0.656.